The van der Waals surface area contributed by atoms with E-state index < -0.39 is 0 Å². The van der Waals surface area contributed by atoms with Crippen LogP contribution in [0.25, 0.3) is 0 Å². The topological polar surface area (TPSA) is 30.5 Å². The molecule has 1 N–H and O–H groups in total. The highest BCUT2D eigenvalue weighted by molar-refractivity contribution is 6.31. The fourth-order valence-corrected chi connectivity index (χ4v) is 2.12. The Hall–Kier alpha value is -1.71. The third-order valence-corrected chi connectivity index (χ3v) is 3.37. The van der Waals surface area contributed by atoms with Gasteiger partial charge in [0, 0.05) is 17.6 Å². The molecule has 0 saturated carbocycles. The van der Waals surface area contributed by atoms with Crippen LogP contribution in [0, 0.1) is 0 Å². The number of hydrogen-bond acceptors (Lipinski definition) is 3. The summed E-state index contributed by atoms with van der Waals surface area (Å²) in [5.41, 5.74) is 1.05. The summed E-state index contributed by atoms with van der Waals surface area (Å²) in [4.78, 5) is 0. The van der Waals surface area contributed by atoms with Crippen molar-refractivity contribution in [3.63, 3.8) is 0 Å². The van der Waals surface area contributed by atoms with Crippen molar-refractivity contribution < 1.29 is 9.47 Å². The molecule has 0 fully saturated rings. The van der Waals surface area contributed by atoms with Crippen LogP contribution in [0.3, 0.4) is 0 Å². The quantitative estimate of drug-likeness (QED) is 0.843. The fraction of sp³-hybridized carbons (Fsp3) is 0.294. The van der Waals surface area contributed by atoms with Gasteiger partial charge in [0.15, 0.2) is 11.5 Å². The second-order valence-electron chi connectivity index (χ2n) is 5.04. The van der Waals surface area contributed by atoms with Crippen LogP contribution >= 0.6 is 11.6 Å². The highest BCUT2D eigenvalue weighted by Gasteiger charge is 2.07. The Kier molecular flexibility index (Phi) is 5.48. The predicted octanol–water partition coefficient (Wildman–Crippen LogP) is 4.64. The standard InChI is InChI=1S/C17H20ClNO2/c1-12(2)19-11-13-8-9-14(10-15(13)18)21-17-7-5-4-6-16(17)20-3/h4-10,12,19H,11H2,1-3H3. The van der Waals surface area contributed by atoms with Gasteiger partial charge in [-0.15, -0.1) is 0 Å². The molecule has 0 atom stereocenters. The van der Waals surface area contributed by atoms with Gasteiger partial charge in [-0.05, 0) is 29.8 Å². The first-order valence-corrected chi connectivity index (χ1v) is 7.30. The van der Waals surface area contributed by atoms with E-state index in [1.54, 1.807) is 7.11 Å². The summed E-state index contributed by atoms with van der Waals surface area (Å²) in [6.45, 7) is 4.95. The van der Waals surface area contributed by atoms with Crippen molar-refractivity contribution in [3.05, 3.63) is 53.1 Å². The molecule has 112 valence electrons. The molecule has 0 aliphatic heterocycles. The largest absolute Gasteiger partial charge is 0.493 e. The van der Waals surface area contributed by atoms with E-state index in [4.69, 9.17) is 21.1 Å². The van der Waals surface area contributed by atoms with Crippen molar-refractivity contribution in [1.29, 1.82) is 0 Å². The molecule has 0 amide bonds. The zero-order valence-corrected chi connectivity index (χ0v) is 13.3. The second kappa shape index (κ2) is 7.34. The van der Waals surface area contributed by atoms with Crippen molar-refractivity contribution in [2.75, 3.05) is 7.11 Å². The van der Waals surface area contributed by atoms with Gasteiger partial charge in [-0.25, -0.2) is 0 Å². The van der Waals surface area contributed by atoms with Crippen LogP contribution in [0.5, 0.6) is 17.2 Å². The van der Waals surface area contributed by atoms with E-state index in [1.165, 1.54) is 0 Å². The SMILES string of the molecule is COc1ccccc1Oc1ccc(CNC(C)C)c(Cl)c1. The normalized spacial score (nSPS) is 10.7. The van der Waals surface area contributed by atoms with Gasteiger partial charge in [0.2, 0.25) is 0 Å². The van der Waals surface area contributed by atoms with Crippen LogP contribution in [0.1, 0.15) is 19.4 Å². The number of rotatable bonds is 6. The van der Waals surface area contributed by atoms with Gasteiger partial charge < -0.3 is 14.8 Å². The minimum absolute atomic E-state index is 0.422. The van der Waals surface area contributed by atoms with Gasteiger partial charge in [0.25, 0.3) is 0 Å². The van der Waals surface area contributed by atoms with Crippen LogP contribution in [0.2, 0.25) is 5.02 Å². The van der Waals surface area contributed by atoms with E-state index in [0.29, 0.717) is 28.3 Å². The molecule has 0 bridgehead atoms. The number of methoxy groups -OCH3 is 1. The first kappa shape index (κ1) is 15.7. The molecule has 2 rings (SSSR count). The molecular weight excluding hydrogens is 286 g/mol. The Morgan fingerprint density at radius 1 is 1.10 bits per heavy atom. The number of hydrogen-bond donors (Lipinski definition) is 1. The van der Waals surface area contributed by atoms with E-state index in [1.807, 2.05) is 42.5 Å². The summed E-state index contributed by atoms with van der Waals surface area (Å²) in [7, 11) is 1.62. The molecule has 21 heavy (non-hydrogen) atoms. The first-order chi connectivity index (χ1) is 10.1. The van der Waals surface area contributed by atoms with Crippen LogP contribution in [-0.2, 0) is 6.54 Å². The summed E-state index contributed by atoms with van der Waals surface area (Å²) in [5.74, 6) is 2.06. The third kappa shape index (κ3) is 4.38. The van der Waals surface area contributed by atoms with E-state index >= 15 is 0 Å². The van der Waals surface area contributed by atoms with Gasteiger partial charge in [-0.2, -0.15) is 0 Å². The van der Waals surface area contributed by atoms with Crippen LogP contribution < -0.4 is 14.8 Å². The second-order valence-corrected chi connectivity index (χ2v) is 5.45. The number of ether oxygens (including phenoxy) is 2. The molecule has 0 spiro atoms. The lowest BCUT2D eigenvalue weighted by molar-refractivity contribution is 0.379. The summed E-state index contributed by atoms with van der Waals surface area (Å²) in [5, 5.41) is 4.04. The minimum atomic E-state index is 0.422. The monoisotopic (exact) mass is 305 g/mol. The average Bonchev–Trinajstić information content (AvgIpc) is 2.47. The van der Waals surface area contributed by atoms with Crippen molar-refractivity contribution >= 4 is 11.6 Å². The summed E-state index contributed by atoms with van der Waals surface area (Å²) < 4.78 is 11.1. The number of halogens is 1. The lowest BCUT2D eigenvalue weighted by Crippen LogP contribution is -2.21. The van der Waals surface area contributed by atoms with Crippen molar-refractivity contribution in [1.82, 2.24) is 5.32 Å². The van der Waals surface area contributed by atoms with Gasteiger partial charge in [0.1, 0.15) is 5.75 Å². The lowest BCUT2D eigenvalue weighted by Gasteiger charge is -2.13. The Bertz CT molecular complexity index is 599. The van der Waals surface area contributed by atoms with Gasteiger partial charge >= 0.3 is 0 Å². The first-order valence-electron chi connectivity index (χ1n) is 6.93. The van der Waals surface area contributed by atoms with Gasteiger partial charge in [-0.3, -0.25) is 0 Å². The smallest absolute Gasteiger partial charge is 0.169 e. The highest BCUT2D eigenvalue weighted by atomic mass is 35.5. The molecule has 2 aromatic carbocycles. The number of nitrogens with one attached hydrogen (secondary N) is 1. The molecule has 0 aliphatic carbocycles. The Labute approximate surface area is 130 Å². The molecule has 4 heteroatoms. The van der Waals surface area contributed by atoms with Crippen LogP contribution in [-0.4, -0.2) is 13.2 Å². The molecule has 3 nitrogen and oxygen atoms in total. The van der Waals surface area contributed by atoms with Crippen molar-refractivity contribution in [2.24, 2.45) is 0 Å². The summed E-state index contributed by atoms with van der Waals surface area (Å²) in [6.07, 6.45) is 0. The molecule has 0 radical (unpaired) electrons. The van der Waals surface area contributed by atoms with Crippen LogP contribution in [0.15, 0.2) is 42.5 Å². The maximum absolute atomic E-state index is 6.30. The molecule has 0 unspecified atom stereocenters. The van der Waals surface area contributed by atoms with E-state index in [-0.39, 0.29) is 0 Å². The number of benzene rings is 2. The predicted molar refractivity (Wildman–Crippen MR) is 86.5 cm³/mol. The van der Waals surface area contributed by atoms with Crippen LogP contribution in [0.4, 0.5) is 0 Å². The molecule has 0 aliphatic rings. The minimum Gasteiger partial charge on any atom is -0.493 e. The number of para-hydroxylation sites is 2. The highest BCUT2D eigenvalue weighted by Crippen LogP contribution is 2.32. The maximum Gasteiger partial charge on any atom is 0.169 e. The zero-order valence-electron chi connectivity index (χ0n) is 12.5. The summed E-state index contributed by atoms with van der Waals surface area (Å²) in [6, 6.07) is 13.7. The third-order valence-electron chi connectivity index (χ3n) is 3.02. The van der Waals surface area contributed by atoms with E-state index in [9.17, 15) is 0 Å². The average molecular weight is 306 g/mol. The maximum atomic E-state index is 6.30. The fourth-order valence-electron chi connectivity index (χ4n) is 1.88. The van der Waals surface area contributed by atoms with Gasteiger partial charge in [0.05, 0.1) is 7.11 Å². The molecule has 0 aromatic heterocycles. The zero-order chi connectivity index (χ0) is 15.2. The molecule has 0 saturated heterocycles. The lowest BCUT2D eigenvalue weighted by atomic mass is 10.2. The van der Waals surface area contributed by atoms with E-state index in [2.05, 4.69) is 19.2 Å². The van der Waals surface area contributed by atoms with E-state index in [0.717, 1.165) is 12.1 Å². The Morgan fingerprint density at radius 2 is 1.81 bits per heavy atom. The molecule has 0 heterocycles. The van der Waals surface area contributed by atoms with Gasteiger partial charge in [-0.1, -0.05) is 43.6 Å². The van der Waals surface area contributed by atoms with Crippen molar-refractivity contribution in [2.45, 2.75) is 26.4 Å². The summed E-state index contributed by atoms with van der Waals surface area (Å²) >= 11 is 6.30. The Balaban J connectivity index is 2.13. The Morgan fingerprint density at radius 3 is 2.43 bits per heavy atom. The molecule has 2 aromatic rings. The molecular formula is C17H20ClNO2. The van der Waals surface area contributed by atoms with Crippen molar-refractivity contribution in [3.8, 4) is 17.2 Å².